The third-order valence-corrected chi connectivity index (χ3v) is 4.03. The number of fused-ring (bicyclic) bond motifs is 1. The van der Waals surface area contributed by atoms with E-state index in [1.54, 1.807) is 18.0 Å². The molecular formula is C17H19N3O3. The second-order valence-electron chi connectivity index (χ2n) is 5.80. The van der Waals surface area contributed by atoms with Crippen LogP contribution in [0.15, 0.2) is 34.9 Å². The minimum Gasteiger partial charge on any atom is -0.361 e. The highest BCUT2D eigenvalue weighted by Gasteiger charge is 2.33. The van der Waals surface area contributed by atoms with E-state index in [1.807, 2.05) is 31.2 Å². The van der Waals surface area contributed by atoms with Crippen molar-refractivity contribution in [3.05, 3.63) is 52.9 Å². The smallest absolute Gasteiger partial charge is 0.253 e. The summed E-state index contributed by atoms with van der Waals surface area (Å²) in [7, 11) is 1.72. The first kappa shape index (κ1) is 15.3. The lowest BCUT2D eigenvalue weighted by Gasteiger charge is -2.31. The number of hydrogen-bond donors (Lipinski definition) is 1. The molecule has 23 heavy (non-hydrogen) atoms. The van der Waals surface area contributed by atoms with Gasteiger partial charge in [0, 0.05) is 38.2 Å². The van der Waals surface area contributed by atoms with Crippen molar-refractivity contribution in [3.8, 4) is 0 Å². The molecule has 1 aromatic heterocycles. The maximum Gasteiger partial charge on any atom is 0.253 e. The van der Waals surface area contributed by atoms with Crippen molar-refractivity contribution >= 4 is 11.8 Å². The number of amides is 2. The minimum atomic E-state index is -0.342. The van der Waals surface area contributed by atoms with E-state index in [1.165, 1.54) is 0 Å². The Morgan fingerprint density at radius 2 is 2.22 bits per heavy atom. The zero-order valence-electron chi connectivity index (χ0n) is 13.2. The van der Waals surface area contributed by atoms with Gasteiger partial charge in [0.25, 0.3) is 5.91 Å². The molecule has 2 heterocycles. The molecule has 1 aliphatic heterocycles. The summed E-state index contributed by atoms with van der Waals surface area (Å²) >= 11 is 0. The largest absolute Gasteiger partial charge is 0.361 e. The van der Waals surface area contributed by atoms with Gasteiger partial charge in [0.1, 0.15) is 5.76 Å². The molecule has 0 aliphatic carbocycles. The maximum atomic E-state index is 12.5. The molecule has 1 N–H and O–H groups in total. The molecular weight excluding hydrogens is 294 g/mol. The van der Waals surface area contributed by atoms with Crippen molar-refractivity contribution in [1.29, 1.82) is 0 Å². The topological polar surface area (TPSA) is 75.4 Å². The number of benzene rings is 1. The van der Waals surface area contributed by atoms with Crippen molar-refractivity contribution in [2.75, 3.05) is 20.1 Å². The Bertz CT molecular complexity index is 738. The van der Waals surface area contributed by atoms with Crippen LogP contribution in [-0.2, 0) is 11.2 Å². The van der Waals surface area contributed by atoms with Crippen LogP contribution in [0.4, 0.5) is 0 Å². The molecule has 0 fully saturated rings. The number of carbonyl (C=O) groups is 2. The summed E-state index contributed by atoms with van der Waals surface area (Å²) in [5.41, 5.74) is 2.23. The number of aryl methyl sites for hydroxylation is 1. The summed E-state index contributed by atoms with van der Waals surface area (Å²) in [6, 6.07) is 9.15. The average molecular weight is 313 g/mol. The second-order valence-corrected chi connectivity index (χ2v) is 5.80. The van der Waals surface area contributed by atoms with Crippen molar-refractivity contribution in [1.82, 2.24) is 15.4 Å². The summed E-state index contributed by atoms with van der Waals surface area (Å²) in [5.74, 6) is 0.291. The van der Waals surface area contributed by atoms with Crippen LogP contribution in [0.3, 0.4) is 0 Å². The summed E-state index contributed by atoms with van der Waals surface area (Å²) in [4.78, 5) is 26.3. The summed E-state index contributed by atoms with van der Waals surface area (Å²) in [6.07, 6.45) is 0.593. The molecule has 6 nitrogen and oxygen atoms in total. The number of rotatable bonds is 4. The quantitative estimate of drug-likeness (QED) is 0.928. The van der Waals surface area contributed by atoms with Gasteiger partial charge in [-0.2, -0.15) is 0 Å². The lowest BCUT2D eigenvalue weighted by molar-refractivity contribution is -0.122. The lowest BCUT2D eigenvalue weighted by Crippen LogP contribution is -2.43. The molecule has 3 rings (SSSR count). The van der Waals surface area contributed by atoms with Gasteiger partial charge >= 0.3 is 0 Å². The summed E-state index contributed by atoms with van der Waals surface area (Å²) < 4.78 is 5.12. The van der Waals surface area contributed by atoms with E-state index >= 15 is 0 Å². The summed E-state index contributed by atoms with van der Waals surface area (Å²) in [6.45, 7) is 2.73. The van der Waals surface area contributed by atoms with Crippen LogP contribution in [0.25, 0.3) is 0 Å². The average Bonchev–Trinajstić information content (AvgIpc) is 2.96. The van der Waals surface area contributed by atoms with Crippen molar-refractivity contribution in [2.45, 2.75) is 19.3 Å². The first-order valence-corrected chi connectivity index (χ1v) is 7.60. The van der Waals surface area contributed by atoms with Gasteiger partial charge in [0.05, 0.1) is 11.6 Å². The molecule has 1 aliphatic rings. The first-order chi connectivity index (χ1) is 11.1. The van der Waals surface area contributed by atoms with E-state index in [0.29, 0.717) is 25.1 Å². The highest BCUT2D eigenvalue weighted by molar-refractivity contribution is 6.00. The Kier molecular flexibility index (Phi) is 4.14. The van der Waals surface area contributed by atoms with Gasteiger partial charge in [0.2, 0.25) is 5.91 Å². The Morgan fingerprint density at radius 1 is 1.43 bits per heavy atom. The first-order valence-electron chi connectivity index (χ1n) is 7.60. The predicted molar refractivity (Wildman–Crippen MR) is 84.1 cm³/mol. The fraction of sp³-hybridized carbons (Fsp3) is 0.353. The van der Waals surface area contributed by atoms with E-state index in [4.69, 9.17) is 4.52 Å². The maximum absolute atomic E-state index is 12.5. The van der Waals surface area contributed by atoms with Crippen LogP contribution in [0.1, 0.15) is 33.3 Å². The van der Waals surface area contributed by atoms with Crippen molar-refractivity contribution in [3.63, 3.8) is 0 Å². The van der Waals surface area contributed by atoms with Gasteiger partial charge in [-0.25, -0.2) is 0 Å². The number of carbonyl (C=O) groups excluding carboxylic acids is 2. The number of nitrogens with one attached hydrogen (secondary N) is 1. The number of likely N-dealkylation sites (N-methyl/N-ethyl adjacent to an activating group) is 1. The molecule has 1 atom stereocenters. The van der Waals surface area contributed by atoms with Crippen LogP contribution < -0.4 is 5.32 Å². The predicted octanol–water partition coefficient (Wildman–Crippen LogP) is 1.51. The lowest BCUT2D eigenvalue weighted by atomic mass is 9.89. The van der Waals surface area contributed by atoms with Gasteiger partial charge in [-0.15, -0.1) is 0 Å². The molecule has 0 saturated heterocycles. The standard InChI is InChI=1S/C17H19N3O3/c1-11-9-12(23-19-11)7-8-18-16(21)15-10-20(2)17(22)14-6-4-3-5-13(14)15/h3-6,9,15H,7-8,10H2,1-2H3,(H,18,21). The monoisotopic (exact) mass is 313 g/mol. The molecule has 0 spiro atoms. The van der Waals surface area contributed by atoms with E-state index in [-0.39, 0.29) is 17.7 Å². The highest BCUT2D eigenvalue weighted by Crippen LogP contribution is 2.27. The fourth-order valence-corrected chi connectivity index (χ4v) is 2.85. The van der Waals surface area contributed by atoms with Gasteiger partial charge in [-0.3, -0.25) is 9.59 Å². The van der Waals surface area contributed by atoms with Crippen LogP contribution in [-0.4, -0.2) is 42.0 Å². The molecule has 2 aromatic rings. The normalized spacial score (nSPS) is 17.0. The second kappa shape index (κ2) is 6.24. The van der Waals surface area contributed by atoms with Gasteiger partial charge in [-0.05, 0) is 18.6 Å². The number of nitrogens with zero attached hydrogens (tertiary/aromatic N) is 2. The van der Waals surface area contributed by atoms with Crippen LogP contribution in [0.5, 0.6) is 0 Å². The van der Waals surface area contributed by atoms with Crippen LogP contribution in [0, 0.1) is 6.92 Å². The molecule has 0 bridgehead atoms. The van der Waals surface area contributed by atoms with Crippen molar-refractivity contribution in [2.24, 2.45) is 0 Å². The molecule has 0 saturated carbocycles. The fourth-order valence-electron chi connectivity index (χ4n) is 2.85. The van der Waals surface area contributed by atoms with E-state index in [2.05, 4.69) is 10.5 Å². The minimum absolute atomic E-state index is 0.0400. The number of hydrogen-bond acceptors (Lipinski definition) is 4. The molecule has 6 heteroatoms. The number of aromatic nitrogens is 1. The Labute approximate surface area is 134 Å². The zero-order chi connectivity index (χ0) is 16.4. The Balaban J connectivity index is 1.67. The SMILES string of the molecule is Cc1cc(CCNC(=O)C2CN(C)C(=O)c3ccccc32)on1. The molecule has 2 amide bonds. The third-order valence-electron chi connectivity index (χ3n) is 4.03. The van der Waals surface area contributed by atoms with E-state index < -0.39 is 0 Å². The van der Waals surface area contributed by atoms with E-state index in [0.717, 1.165) is 17.0 Å². The third kappa shape index (κ3) is 3.11. The molecule has 1 aromatic carbocycles. The van der Waals surface area contributed by atoms with Gasteiger partial charge in [-0.1, -0.05) is 23.4 Å². The molecule has 1 unspecified atom stereocenters. The molecule has 0 radical (unpaired) electrons. The Morgan fingerprint density at radius 3 is 2.96 bits per heavy atom. The van der Waals surface area contributed by atoms with E-state index in [9.17, 15) is 9.59 Å². The van der Waals surface area contributed by atoms with Gasteiger partial charge < -0.3 is 14.7 Å². The highest BCUT2D eigenvalue weighted by atomic mass is 16.5. The molecule has 120 valence electrons. The van der Waals surface area contributed by atoms with Crippen LogP contribution in [0.2, 0.25) is 0 Å². The van der Waals surface area contributed by atoms with Crippen LogP contribution >= 0.6 is 0 Å². The Hall–Kier alpha value is -2.63. The zero-order valence-corrected chi connectivity index (χ0v) is 13.2. The van der Waals surface area contributed by atoms with Crippen molar-refractivity contribution < 1.29 is 14.1 Å². The summed E-state index contributed by atoms with van der Waals surface area (Å²) in [5, 5.41) is 6.74. The van der Waals surface area contributed by atoms with Gasteiger partial charge in [0.15, 0.2) is 0 Å².